The van der Waals surface area contributed by atoms with Gasteiger partial charge in [-0.05, 0) is 24.3 Å². The fraction of sp³-hybridized carbons (Fsp3) is 0.176. The molecule has 0 bridgehead atoms. The van der Waals surface area contributed by atoms with Crippen LogP contribution in [0.4, 0.5) is 13.2 Å². The lowest BCUT2D eigenvalue weighted by Gasteiger charge is -2.29. The molecule has 142 valence electrons. The summed E-state index contributed by atoms with van der Waals surface area (Å²) in [6, 6.07) is 8.03. The molecule has 0 fully saturated rings. The van der Waals surface area contributed by atoms with E-state index in [9.17, 15) is 13.2 Å². The molecule has 2 aromatic carbocycles. The van der Waals surface area contributed by atoms with E-state index in [4.69, 9.17) is 44.8 Å². The van der Waals surface area contributed by atoms with Gasteiger partial charge in [-0.1, -0.05) is 57.2 Å². The van der Waals surface area contributed by atoms with Gasteiger partial charge in [0.1, 0.15) is 0 Å². The van der Waals surface area contributed by atoms with E-state index in [0.29, 0.717) is 11.1 Å². The van der Waals surface area contributed by atoms with Crippen molar-refractivity contribution in [3.63, 3.8) is 0 Å². The maximum atomic E-state index is 13.9. The number of oxime groups is 2. The molecule has 1 atom stereocenters. The van der Waals surface area contributed by atoms with Gasteiger partial charge in [0.2, 0.25) is 0 Å². The normalized spacial score (nSPS) is 20.0. The van der Waals surface area contributed by atoms with Crippen LogP contribution in [-0.4, -0.2) is 23.3 Å². The molecule has 27 heavy (non-hydrogen) atoms. The average molecular weight is 438 g/mol. The van der Waals surface area contributed by atoms with Crippen LogP contribution in [0.1, 0.15) is 23.1 Å². The molecule has 0 aliphatic carbocycles. The van der Waals surface area contributed by atoms with Gasteiger partial charge in [-0.25, -0.2) is 0 Å². The van der Waals surface area contributed by atoms with Gasteiger partial charge < -0.3 is 10.0 Å². The first-order chi connectivity index (χ1) is 12.7. The molecular formula is C17H10Cl3F3N2O2. The van der Waals surface area contributed by atoms with Gasteiger partial charge in [0, 0.05) is 33.2 Å². The van der Waals surface area contributed by atoms with Crippen LogP contribution in [0.25, 0.3) is 0 Å². The van der Waals surface area contributed by atoms with Crippen LogP contribution in [0.3, 0.4) is 0 Å². The van der Waals surface area contributed by atoms with Gasteiger partial charge in [0.25, 0.3) is 5.60 Å². The van der Waals surface area contributed by atoms with E-state index in [1.807, 2.05) is 0 Å². The van der Waals surface area contributed by atoms with Crippen LogP contribution in [0.2, 0.25) is 15.1 Å². The van der Waals surface area contributed by atoms with Crippen LogP contribution in [0, 0.1) is 0 Å². The lowest BCUT2D eigenvalue weighted by atomic mass is 9.86. The van der Waals surface area contributed by atoms with Crippen LogP contribution in [0.5, 0.6) is 0 Å². The van der Waals surface area contributed by atoms with E-state index in [1.54, 1.807) is 0 Å². The average Bonchev–Trinajstić information content (AvgIpc) is 3.02. The number of halogens is 6. The summed E-state index contributed by atoms with van der Waals surface area (Å²) in [5.74, 6) is 0. The fourth-order valence-electron chi connectivity index (χ4n) is 2.72. The van der Waals surface area contributed by atoms with E-state index in [-0.39, 0.29) is 26.3 Å². The summed E-state index contributed by atoms with van der Waals surface area (Å²) in [5.41, 5.74) is -2.17. The van der Waals surface area contributed by atoms with Crippen LogP contribution in [-0.2, 0) is 10.4 Å². The molecular weight excluding hydrogens is 428 g/mol. The topological polar surface area (TPSA) is 54.2 Å². The van der Waals surface area contributed by atoms with E-state index < -0.39 is 18.2 Å². The van der Waals surface area contributed by atoms with Gasteiger partial charge in [-0.15, -0.1) is 0 Å². The van der Waals surface area contributed by atoms with Gasteiger partial charge in [-0.2, -0.15) is 13.2 Å². The third-order valence-corrected chi connectivity index (χ3v) is 4.81. The minimum absolute atomic E-state index is 0.0499. The van der Waals surface area contributed by atoms with E-state index in [2.05, 4.69) is 10.3 Å². The van der Waals surface area contributed by atoms with Crippen molar-refractivity contribution in [2.75, 3.05) is 0 Å². The molecule has 0 spiro atoms. The van der Waals surface area contributed by atoms with Gasteiger partial charge >= 0.3 is 6.18 Å². The van der Waals surface area contributed by atoms with Gasteiger partial charge in [0.05, 0.1) is 16.9 Å². The Morgan fingerprint density at radius 1 is 1.11 bits per heavy atom. The number of alkyl halides is 3. The second-order valence-electron chi connectivity index (χ2n) is 5.77. The Labute approximate surface area is 166 Å². The maximum absolute atomic E-state index is 13.9. The molecule has 0 saturated carbocycles. The molecule has 2 aromatic rings. The smallest absolute Gasteiger partial charge is 0.411 e. The molecule has 1 unspecified atom stereocenters. The first-order valence-corrected chi connectivity index (χ1v) is 8.55. The van der Waals surface area contributed by atoms with Crippen molar-refractivity contribution in [2.24, 2.45) is 10.3 Å². The van der Waals surface area contributed by atoms with Crippen LogP contribution >= 0.6 is 34.8 Å². The zero-order chi connectivity index (χ0) is 19.8. The molecule has 1 aliphatic rings. The Bertz CT molecular complexity index is 927. The quantitative estimate of drug-likeness (QED) is 0.362. The van der Waals surface area contributed by atoms with Crippen molar-refractivity contribution in [3.05, 3.63) is 68.2 Å². The van der Waals surface area contributed by atoms with Crippen molar-refractivity contribution >= 4 is 46.7 Å². The first kappa shape index (κ1) is 19.8. The zero-order valence-electron chi connectivity index (χ0n) is 13.3. The zero-order valence-corrected chi connectivity index (χ0v) is 15.5. The minimum Gasteiger partial charge on any atom is -0.411 e. The van der Waals surface area contributed by atoms with Crippen molar-refractivity contribution in [1.82, 2.24) is 0 Å². The number of rotatable bonds is 3. The Hall–Kier alpha value is -1.96. The van der Waals surface area contributed by atoms with Crippen molar-refractivity contribution in [1.29, 1.82) is 0 Å². The van der Waals surface area contributed by atoms with Gasteiger partial charge in [-0.3, -0.25) is 0 Å². The molecule has 0 aromatic heterocycles. The predicted molar refractivity (Wildman–Crippen MR) is 97.3 cm³/mol. The van der Waals surface area contributed by atoms with E-state index in [0.717, 1.165) is 18.3 Å². The second-order valence-corrected chi connectivity index (χ2v) is 7.05. The summed E-state index contributed by atoms with van der Waals surface area (Å²) in [5, 5.41) is 15.4. The summed E-state index contributed by atoms with van der Waals surface area (Å²) in [6.45, 7) is 0. The summed E-state index contributed by atoms with van der Waals surface area (Å²) in [7, 11) is 0. The Morgan fingerprint density at radius 2 is 1.78 bits per heavy atom. The Balaban J connectivity index is 2.01. The fourth-order valence-corrected chi connectivity index (χ4v) is 3.47. The third-order valence-electron chi connectivity index (χ3n) is 4.05. The molecule has 0 amide bonds. The van der Waals surface area contributed by atoms with E-state index >= 15 is 0 Å². The molecule has 0 radical (unpaired) electrons. The lowest BCUT2D eigenvalue weighted by Crippen LogP contribution is -2.42. The maximum Gasteiger partial charge on any atom is 0.435 e. The highest BCUT2D eigenvalue weighted by atomic mass is 35.5. The Kier molecular flexibility index (Phi) is 5.29. The summed E-state index contributed by atoms with van der Waals surface area (Å²) < 4.78 is 41.8. The summed E-state index contributed by atoms with van der Waals surface area (Å²) in [4.78, 5) is 4.92. The molecule has 1 N–H and O–H groups in total. The molecule has 4 nitrogen and oxygen atoms in total. The summed E-state index contributed by atoms with van der Waals surface area (Å²) >= 11 is 17.8. The third kappa shape index (κ3) is 3.72. The highest BCUT2D eigenvalue weighted by Crippen LogP contribution is 2.49. The molecule has 3 rings (SSSR count). The monoisotopic (exact) mass is 436 g/mol. The second kappa shape index (κ2) is 7.22. The van der Waals surface area contributed by atoms with Crippen molar-refractivity contribution in [2.45, 2.75) is 18.2 Å². The molecule has 0 saturated heterocycles. The minimum atomic E-state index is -4.78. The Morgan fingerprint density at radius 3 is 2.33 bits per heavy atom. The molecule has 10 heteroatoms. The van der Waals surface area contributed by atoms with Crippen molar-refractivity contribution < 1.29 is 23.2 Å². The number of benzene rings is 2. The van der Waals surface area contributed by atoms with Crippen LogP contribution < -0.4 is 0 Å². The highest BCUT2D eigenvalue weighted by molar-refractivity contribution is 6.35. The number of hydrogen-bond acceptors (Lipinski definition) is 4. The molecule has 1 heterocycles. The number of nitrogens with zero attached hydrogens (tertiary/aromatic N) is 2. The first-order valence-electron chi connectivity index (χ1n) is 7.42. The standard InChI is InChI=1S/C17H10Cl3F3N2O2/c18-12-4-11(5-13(19)6-12)16(17(21,22)23)7-15(25-27-16)9-1-2-10(8-24-26)14(20)3-9/h1-6,8,26H,7H2/b24-8+. The lowest BCUT2D eigenvalue weighted by molar-refractivity contribution is -0.275. The molecule has 1 aliphatic heterocycles. The van der Waals surface area contributed by atoms with E-state index in [1.165, 1.54) is 24.3 Å². The van der Waals surface area contributed by atoms with Crippen molar-refractivity contribution in [3.8, 4) is 0 Å². The largest absolute Gasteiger partial charge is 0.435 e. The predicted octanol–water partition coefficient (Wildman–Crippen LogP) is 6.04. The van der Waals surface area contributed by atoms with Crippen LogP contribution in [0.15, 0.2) is 46.7 Å². The highest BCUT2D eigenvalue weighted by Gasteiger charge is 2.62. The SMILES string of the molecule is O/N=C/c1ccc(C2=NOC(c3cc(Cl)cc(Cl)c3)(C(F)(F)F)C2)cc1Cl. The van der Waals surface area contributed by atoms with Gasteiger partial charge in [0.15, 0.2) is 0 Å². The number of hydrogen-bond donors (Lipinski definition) is 1. The summed E-state index contributed by atoms with van der Waals surface area (Å²) in [6.07, 6.45) is -4.26.